The molecule has 0 saturated heterocycles. The van der Waals surface area contributed by atoms with Crippen LogP contribution in [0.5, 0.6) is 11.5 Å². The number of amidine groups is 1. The number of ether oxygens (including phenoxy) is 2. The van der Waals surface area contributed by atoms with Crippen molar-refractivity contribution in [1.29, 1.82) is 0 Å². The number of nitrogens with zero attached hydrogens (tertiary/aromatic N) is 1. The first-order valence-corrected chi connectivity index (χ1v) is 7.65. The number of hydrogen-bond donors (Lipinski definition) is 1. The van der Waals surface area contributed by atoms with Crippen LogP contribution in [0.1, 0.15) is 0 Å². The molecule has 0 radical (unpaired) electrons. The summed E-state index contributed by atoms with van der Waals surface area (Å²) >= 11 is 1.56. The van der Waals surface area contributed by atoms with Gasteiger partial charge in [-0.15, -0.1) is 0 Å². The van der Waals surface area contributed by atoms with Gasteiger partial charge in [-0.2, -0.15) is 0 Å². The second kappa shape index (κ2) is 7.59. The predicted molar refractivity (Wildman–Crippen MR) is 90.2 cm³/mol. The molecule has 0 aliphatic rings. The van der Waals surface area contributed by atoms with Gasteiger partial charge in [0.15, 0.2) is 5.17 Å². The number of methoxy groups -OCH3 is 2. The molecule has 1 N–H and O–H groups in total. The zero-order valence-corrected chi connectivity index (χ0v) is 13.1. The first kappa shape index (κ1) is 15.3. The van der Waals surface area contributed by atoms with Crippen LogP contribution in [0.15, 0.2) is 53.5 Å². The fourth-order valence-corrected chi connectivity index (χ4v) is 2.11. The Morgan fingerprint density at radius 1 is 0.905 bits per heavy atom. The van der Waals surface area contributed by atoms with E-state index in [1.165, 1.54) is 0 Å². The van der Waals surface area contributed by atoms with Crippen LogP contribution in [0.25, 0.3) is 0 Å². The SMILES string of the molecule is COc1ccc(N=C(Nc2ccc(OC)cc2)SC)cc1. The molecule has 0 bridgehead atoms. The van der Waals surface area contributed by atoms with Gasteiger partial charge in [-0.1, -0.05) is 11.8 Å². The topological polar surface area (TPSA) is 42.8 Å². The summed E-state index contributed by atoms with van der Waals surface area (Å²) in [6.07, 6.45) is 1.98. The largest absolute Gasteiger partial charge is 0.497 e. The minimum Gasteiger partial charge on any atom is -0.497 e. The summed E-state index contributed by atoms with van der Waals surface area (Å²) in [5, 5.41) is 4.11. The van der Waals surface area contributed by atoms with E-state index in [1.807, 2.05) is 54.8 Å². The van der Waals surface area contributed by atoms with Gasteiger partial charge in [0, 0.05) is 5.69 Å². The average molecular weight is 302 g/mol. The molecular formula is C16H18N2O2S. The summed E-state index contributed by atoms with van der Waals surface area (Å²) < 4.78 is 10.3. The molecule has 0 aromatic heterocycles. The van der Waals surface area contributed by atoms with Crippen LogP contribution in [0, 0.1) is 0 Å². The number of anilines is 1. The third-order valence-electron chi connectivity index (χ3n) is 2.84. The zero-order valence-electron chi connectivity index (χ0n) is 12.3. The highest BCUT2D eigenvalue weighted by Crippen LogP contribution is 2.21. The highest BCUT2D eigenvalue weighted by atomic mass is 32.2. The Morgan fingerprint density at radius 3 is 1.90 bits per heavy atom. The lowest BCUT2D eigenvalue weighted by atomic mass is 10.3. The van der Waals surface area contributed by atoms with E-state index in [9.17, 15) is 0 Å². The summed E-state index contributed by atoms with van der Waals surface area (Å²) in [5.74, 6) is 1.65. The van der Waals surface area contributed by atoms with Gasteiger partial charge in [0.05, 0.1) is 19.9 Å². The molecule has 2 aromatic rings. The Balaban J connectivity index is 2.11. The summed E-state index contributed by atoms with van der Waals surface area (Å²) in [5.41, 5.74) is 1.85. The molecule has 0 saturated carbocycles. The van der Waals surface area contributed by atoms with E-state index in [0.717, 1.165) is 28.0 Å². The molecule has 0 fully saturated rings. The van der Waals surface area contributed by atoms with E-state index in [1.54, 1.807) is 26.0 Å². The van der Waals surface area contributed by atoms with Crippen molar-refractivity contribution < 1.29 is 9.47 Å². The van der Waals surface area contributed by atoms with Crippen molar-refractivity contribution in [2.45, 2.75) is 0 Å². The third kappa shape index (κ3) is 4.43. The molecule has 0 unspecified atom stereocenters. The van der Waals surface area contributed by atoms with E-state index in [0.29, 0.717) is 0 Å². The first-order chi connectivity index (χ1) is 10.2. The maximum Gasteiger partial charge on any atom is 0.165 e. The number of rotatable bonds is 4. The van der Waals surface area contributed by atoms with Gasteiger partial charge in [-0.25, -0.2) is 4.99 Å². The third-order valence-corrected chi connectivity index (χ3v) is 3.42. The lowest BCUT2D eigenvalue weighted by Gasteiger charge is -2.08. The molecule has 0 amide bonds. The van der Waals surface area contributed by atoms with Crippen molar-refractivity contribution in [3.8, 4) is 11.5 Å². The van der Waals surface area contributed by atoms with Gasteiger partial charge < -0.3 is 14.8 Å². The van der Waals surface area contributed by atoms with E-state index >= 15 is 0 Å². The van der Waals surface area contributed by atoms with Crippen LogP contribution in [-0.2, 0) is 0 Å². The van der Waals surface area contributed by atoms with Gasteiger partial charge in [-0.05, 0) is 54.8 Å². The summed E-state index contributed by atoms with van der Waals surface area (Å²) in [6, 6.07) is 15.4. The number of aliphatic imine (C=N–C) groups is 1. The highest BCUT2D eigenvalue weighted by molar-refractivity contribution is 8.13. The molecule has 0 atom stereocenters. The van der Waals surface area contributed by atoms with Crippen LogP contribution in [0.2, 0.25) is 0 Å². The summed E-state index contributed by atoms with van der Waals surface area (Å²) in [6.45, 7) is 0. The quantitative estimate of drug-likeness (QED) is 0.680. The Bertz CT molecular complexity index is 595. The van der Waals surface area contributed by atoms with Gasteiger partial charge in [0.1, 0.15) is 11.5 Å². The average Bonchev–Trinajstić information content (AvgIpc) is 2.55. The van der Waals surface area contributed by atoms with Crippen LogP contribution < -0.4 is 14.8 Å². The maximum absolute atomic E-state index is 5.14. The van der Waals surface area contributed by atoms with E-state index in [4.69, 9.17) is 9.47 Å². The summed E-state index contributed by atoms with van der Waals surface area (Å²) in [4.78, 5) is 4.57. The minimum atomic E-state index is 0.822. The Hall–Kier alpha value is -2.14. The van der Waals surface area contributed by atoms with Crippen molar-refractivity contribution in [2.24, 2.45) is 4.99 Å². The van der Waals surface area contributed by atoms with Crippen molar-refractivity contribution in [3.05, 3.63) is 48.5 Å². The van der Waals surface area contributed by atoms with E-state index in [-0.39, 0.29) is 0 Å². The highest BCUT2D eigenvalue weighted by Gasteiger charge is 2.00. The molecule has 2 aromatic carbocycles. The molecule has 110 valence electrons. The van der Waals surface area contributed by atoms with Crippen molar-refractivity contribution in [3.63, 3.8) is 0 Å². The smallest absolute Gasteiger partial charge is 0.165 e. The molecule has 0 spiro atoms. The van der Waals surface area contributed by atoms with Crippen molar-refractivity contribution in [2.75, 3.05) is 25.8 Å². The molecule has 0 aliphatic carbocycles. The predicted octanol–water partition coefficient (Wildman–Crippen LogP) is 4.17. The Kier molecular flexibility index (Phi) is 5.51. The lowest BCUT2D eigenvalue weighted by molar-refractivity contribution is 0.415. The Morgan fingerprint density at radius 2 is 1.43 bits per heavy atom. The van der Waals surface area contributed by atoms with Crippen LogP contribution in [0.3, 0.4) is 0 Å². The van der Waals surface area contributed by atoms with E-state index in [2.05, 4.69) is 10.3 Å². The standard InChI is InChI=1S/C16H18N2O2S/c1-19-14-8-4-12(5-9-14)17-16(21-3)18-13-6-10-15(20-2)11-7-13/h4-11H,1-3H3,(H,17,18). The molecule has 4 nitrogen and oxygen atoms in total. The maximum atomic E-state index is 5.14. The van der Waals surface area contributed by atoms with Crippen LogP contribution >= 0.6 is 11.8 Å². The zero-order chi connectivity index (χ0) is 15.1. The monoisotopic (exact) mass is 302 g/mol. The first-order valence-electron chi connectivity index (χ1n) is 6.43. The lowest BCUT2D eigenvalue weighted by Crippen LogP contribution is -2.06. The second-order valence-corrected chi connectivity index (χ2v) is 4.97. The molecule has 2 rings (SSSR count). The van der Waals surface area contributed by atoms with Gasteiger partial charge >= 0.3 is 0 Å². The fraction of sp³-hybridized carbons (Fsp3) is 0.188. The minimum absolute atomic E-state index is 0.822. The van der Waals surface area contributed by atoms with Gasteiger partial charge in [-0.3, -0.25) is 0 Å². The number of hydrogen-bond acceptors (Lipinski definition) is 4. The normalized spacial score (nSPS) is 11.1. The molecule has 0 heterocycles. The van der Waals surface area contributed by atoms with Gasteiger partial charge in [0.25, 0.3) is 0 Å². The summed E-state index contributed by atoms with van der Waals surface area (Å²) in [7, 11) is 3.30. The molecule has 0 aliphatic heterocycles. The Labute approximate surface area is 129 Å². The van der Waals surface area contributed by atoms with Crippen molar-refractivity contribution in [1.82, 2.24) is 0 Å². The fourth-order valence-electron chi connectivity index (χ4n) is 1.70. The number of benzene rings is 2. The number of thioether (sulfide) groups is 1. The van der Waals surface area contributed by atoms with Crippen molar-refractivity contribution >= 4 is 28.3 Å². The molecular weight excluding hydrogens is 284 g/mol. The van der Waals surface area contributed by atoms with Crippen LogP contribution in [0.4, 0.5) is 11.4 Å². The second-order valence-electron chi connectivity index (χ2n) is 4.17. The molecule has 21 heavy (non-hydrogen) atoms. The van der Waals surface area contributed by atoms with Crippen LogP contribution in [-0.4, -0.2) is 25.6 Å². The number of nitrogens with one attached hydrogen (secondary N) is 1. The molecule has 5 heteroatoms. The van der Waals surface area contributed by atoms with E-state index < -0.39 is 0 Å². The van der Waals surface area contributed by atoms with Gasteiger partial charge in [0.2, 0.25) is 0 Å².